The molecule has 1 aromatic carbocycles. The maximum Gasteiger partial charge on any atom is 0.294 e. The second kappa shape index (κ2) is 7.06. The molecule has 7 nitrogen and oxygen atoms in total. The fourth-order valence-corrected chi connectivity index (χ4v) is 1.77. The van der Waals surface area contributed by atoms with Crippen molar-refractivity contribution in [1.29, 1.82) is 0 Å². The molecule has 0 aliphatic heterocycles. The van der Waals surface area contributed by atoms with Crippen LogP contribution < -0.4 is 11.1 Å². The maximum absolute atomic E-state index is 12.0. The Balaban J connectivity index is 2.91. The number of halogens is 1. The molecule has 20 heavy (non-hydrogen) atoms. The molecule has 0 aliphatic rings. The third-order valence-electron chi connectivity index (χ3n) is 2.70. The first-order chi connectivity index (χ1) is 9.36. The Morgan fingerprint density at radius 3 is 2.80 bits per heavy atom. The van der Waals surface area contributed by atoms with Crippen LogP contribution in [0.5, 0.6) is 0 Å². The number of nitrogens with one attached hydrogen (secondary N) is 1. The third-order valence-corrected chi connectivity index (χ3v) is 3.01. The highest BCUT2D eigenvalue weighted by Crippen LogP contribution is 2.30. The summed E-state index contributed by atoms with van der Waals surface area (Å²) in [5.41, 5.74) is 5.06. The first-order valence-corrected chi connectivity index (χ1v) is 6.27. The highest BCUT2D eigenvalue weighted by molar-refractivity contribution is 6.34. The number of methoxy groups -OCH3 is 1. The molecule has 1 unspecified atom stereocenters. The zero-order valence-electron chi connectivity index (χ0n) is 11.2. The second-order valence-corrected chi connectivity index (χ2v) is 4.71. The van der Waals surface area contributed by atoms with Crippen molar-refractivity contribution in [2.45, 2.75) is 19.4 Å². The molecule has 0 heterocycles. The Kier molecular flexibility index (Phi) is 5.72. The standard InChI is InChI=1S/C12H16ClN3O4/c1-7(3-4-20-2)15-12(17)8-5-9(13)11(14)10(6-8)16(18)19/h5-7H,3-4,14H2,1-2H3,(H,15,17). The Morgan fingerprint density at radius 2 is 2.25 bits per heavy atom. The number of nitro benzene ring substituents is 1. The lowest BCUT2D eigenvalue weighted by molar-refractivity contribution is -0.383. The van der Waals surface area contributed by atoms with Gasteiger partial charge in [-0.05, 0) is 19.4 Å². The van der Waals surface area contributed by atoms with Crippen LogP contribution in [0.3, 0.4) is 0 Å². The molecular weight excluding hydrogens is 286 g/mol. The summed E-state index contributed by atoms with van der Waals surface area (Å²) in [5.74, 6) is -0.446. The van der Waals surface area contributed by atoms with E-state index in [4.69, 9.17) is 22.1 Å². The van der Waals surface area contributed by atoms with E-state index in [0.29, 0.717) is 13.0 Å². The fraction of sp³-hybridized carbons (Fsp3) is 0.417. The molecule has 1 atom stereocenters. The van der Waals surface area contributed by atoms with E-state index >= 15 is 0 Å². The van der Waals surface area contributed by atoms with Crippen LogP contribution in [0, 0.1) is 10.1 Å². The molecule has 1 aromatic rings. The number of hydrogen-bond donors (Lipinski definition) is 2. The van der Waals surface area contributed by atoms with Gasteiger partial charge in [0.2, 0.25) is 0 Å². The molecular formula is C12H16ClN3O4. The lowest BCUT2D eigenvalue weighted by atomic mass is 10.1. The lowest BCUT2D eigenvalue weighted by Gasteiger charge is -2.13. The number of nitrogen functional groups attached to an aromatic ring is 1. The Bertz CT molecular complexity index is 522. The van der Waals surface area contributed by atoms with Crippen molar-refractivity contribution in [1.82, 2.24) is 5.32 Å². The lowest BCUT2D eigenvalue weighted by Crippen LogP contribution is -2.33. The van der Waals surface area contributed by atoms with Crippen LogP contribution in [-0.4, -0.2) is 30.6 Å². The summed E-state index contributed by atoms with van der Waals surface area (Å²) in [5, 5.41) is 13.5. The average Bonchev–Trinajstić information content (AvgIpc) is 2.38. The second-order valence-electron chi connectivity index (χ2n) is 4.30. The molecule has 0 bridgehead atoms. The highest BCUT2D eigenvalue weighted by atomic mass is 35.5. The zero-order valence-corrected chi connectivity index (χ0v) is 11.9. The molecule has 8 heteroatoms. The van der Waals surface area contributed by atoms with Crippen molar-refractivity contribution in [2.75, 3.05) is 19.5 Å². The molecule has 0 fully saturated rings. The van der Waals surface area contributed by atoms with E-state index in [0.717, 1.165) is 6.07 Å². The van der Waals surface area contributed by atoms with Gasteiger partial charge in [0.05, 0.1) is 9.95 Å². The van der Waals surface area contributed by atoms with Crippen molar-refractivity contribution < 1.29 is 14.5 Å². The average molecular weight is 302 g/mol. The summed E-state index contributed by atoms with van der Waals surface area (Å²) in [4.78, 5) is 22.1. The SMILES string of the molecule is COCCC(C)NC(=O)c1cc(Cl)c(N)c([N+](=O)[O-])c1. The highest BCUT2D eigenvalue weighted by Gasteiger charge is 2.20. The summed E-state index contributed by atoms with van der Waals surface area (Å²) in [6.45, 7) is 2.31. The van der Waals surface area contributed by atoms with Crippen LogP contribution in [0.15, 0.2) is 12.1 Å². The van der Waals surface area contributed by atoms with E-state index in [9.17, 15) is 14.9 Å². The van der Waals surface area contributed by atoms with Crippen molar-refractivity contribution in [2.24, 2.45) is 0 Å². The number of hydrogen-bond acceptors (Lipinski definition) is 5. The summed E-state index contributed by atoms with van der Waals surface area (Å²) in [6, 6.07) is 2.29. The quantitative estimate of drug-likeness (QED) is 0.474. The third kappa shape index (κ3) is 4.07. The first kappa shape index (κ1) is 16.2. The van der Waals surface area contributed by atoms with Gasteiger partial charge in [0.15, 0.2) is 0 Å². The van der Waals surface area contributed by atoms with Crippen LogP contribution in [0.25, 0.3) is 0 Å². The number of carbonyl (C=O) groups excluding carboxylic acids is 1. The van der Waals surface area contributed by atoms with Crippen LogP contribution in [0.4, 0.5) is 11.4 Å². The minimum absolute atomic E-state index is 0.0195. The smallest absolute Gasteiger partial charge is 0.294 e. The molecule has 0 saturated heterocycles. The van der Waals surface area contributed by atoms with E-state index in [2.05, 4.69) is 5.32 Å². The van der Waals surface area contributed by atoms with E-state index in [-0.39, 0.29) is 28.0 Å². The minimum atomic E-state index is -0.674. The van der Waals surface area contributed by atoms with Crippen LogP contribution in [0.1, 0.15) is 23.7 Å². The molecule has 0 aliphatic carbocycles. The largest absolute Gasteiger partial charge is 0.392 e. The van der Waals surface area contributed by atoms with Gasteiger partial charge in [0.1, 0.15) is 5.69 Å². The summed E-state index contributed by atoms with van der Waals surface area (Å²) in [7, 11) is 1.57. The molecule has 1 amide bonds. The Morgan fingerprint density at radius 1 is 1.60 bits per heavy atom. The minimum Gasteiger partial charge on any atom is -0.392 e. The Labute approximate surface area is 121 Å². The van der Waals surface area contributed by atoms with Crippen molar-refractivity contribution in [3.05, 3.63) is 32.8 Å². The first-order valence-electron chi connectivity index (χ1n) is 5.90. The van der Waals surface area contributed by atoms with Gasteiger partial charge in [0.25, 0.3) is 11.6 Å². The number of carbonyl (C=O) groups is 1. The van der Waals surface area contributed by atoms with Gasteiger partial charge in [-0.2, -0.15) is 0 Å². The van der Waals surface area contributed by atoms with E-state index in [1.54, 1.807) is 7.11 Å². The van der Waals surface area contributed by atoms with Crippen LogP contribution in [-0.2, 0) is 4.74 Å². The number of rotatable bonds is 6. The predicted molar refractivity (Wildman–Crippen MR) is 75.9 cm³/mol. The molecule has 0 spiro atoms. The molecule has 110 valence electrons. The van der Waals surface area contributed by atoms with Crippen LogP contribution >= 0.6 is 11.6 Å². The maximum atomic E-state index is 12.0. The van der Waals surface area contributed by atoms with E-state index in [1.165, 1.54) is 6.07 Å². The number of benzene rings is 1. The van der Waals surface area contributed by atoms with E-state index < -0.39 is 10.8 Å². The molecule has 0 saturated carbocycles. The zero-order chi connectivity index (χ0) is 15.3. The molecule has 0 aromatic heterocycles. The van der Waals surface area contributed by atoms with Crippen LogP contribution in [0.2, 0.25) is 5.02 Å². The van der Waals surface area contributed by atoms with Gasteiger partial charge in [-0.3, -0.25) is 14.9 Å². The van der Waals surface area contributed by atoms with Gasteiger partial charge in [-0.15, -0.1) is 0 Å². The predicted octanol–water partition coefficient (Wildman–Crippen LogP) is 1.99. The summed E-state index contributed by atoms with van der Waals surface area (Å²) in [6.07, 6.45) is 0.632. The summed E-state index contributed by atoms with van der Waals surface area (Å²) >= 11 is 5.80. The molecule has 3 N–H and O–H groups in total. The Hall–Kier alpha value is -1.86. The number of anilines is 1. The fourth-order valence-electron chi connectivity index (χ4n) is 1.56. The van der Waals surface area contributed by atoms with Gasteiger partial charge in [0, 0.05) is 31.4 Å². The summed E-state index contributed by atoms with van der Waals surface area (Å²) < 4.78 is 4.91. The monoisotopic (exact) mass is 301 g/mol. The van der Waals surface area contributed by atoms with Crippen molar-refractivity contribution in [3.63, 3.8) is 0 Å². The topological polar surface area (TPSA) is 107 Å². The normalized spacial score (nSPS) is 11.9. The molecule has 1 rings (SSSR count). The number of ether oxygens (including phenoxy) is 1. The van der Waals surface area contributed by atoms with Crippen molar-refractivity contribution in [3.8, 4) is 0 Å². The van der Waals surface area contributed by atoms with Gasteiger partial charge in [-0.1, -0.05) is 11.6 Å². The van der Waals surface area contributed by atoms with Gasteiger partial charge < -0.3 is 15.8 Å². The number of nitrogens with zero attached hydrogens (tertiary/aromatic N) is 1. The van der Waals surface area contributed by atoms with Gasteiger partial charge in [-0.25, -0.2) is 0 Å². The van der Waals surface area contributed by atoms with E-state index in [1.807, 2.05) is 6.92 Å². The number of amides is 1. The van der Waals surface area contributed by atoms with Crippen molar-refractivity contribution >= 4 is 28.9 Å². The van der Waals surface area contributed by atoms with Gasteiger partial charge >= 0.3 is 0 Å². The number of nitro groups is 1. The number of nitrogens with two attached hydrogens (primary N) is 1. The molecule has 0 radical (unpaired) electrons.